The van der Waals surface area contributed by atoms with Crippen LogP contribution in [0.3, 0.4) is 0 Å². The van der Waals surface area contributed by atoms with Gasteiger partial charge in [-0.05, 0) is 17.9 Å². The third-order valence-corrected chi connectivity index (χ3v) is 4.71. The summed E-state index contributed by atoms with van der Waals surface area (Å²) in [6.07, 6.45) is 5.36. The molecule has 9 heteroatoms. The molecule has 0 amide bonds. The van der Waals surface area contributed by atoms with Gasteiger partial charge in [-0.3, -0.25) is 0 Å². The molecule has 0 aromatic heterocycles. The van der Waals surface area contributed by atoms with Crippen molar-refractivity contribution in [2.75, 3.05) is 0 Å². The van der Waals surface area contributed by atoms with Gasteiger partial charge in [0, 0.05) is 19.3 Å². The number of hydrogen-bond acceptors (Lipinski definition) is 5. The number of allylic oxidation sites excluding steroid dienone is 2. The van der Waals surface area contributed by atoms with E-state index in [0.29, 0.717) is 12.8 Å². The van der Waals surface area contributed by atoms with Crippen LogP contribution in [0.2, 0.25) is 0 Å². The molecular weight excluding hydrogens is 301 g/mol. The molecule has 112 valence electrons. The van der Waals surface area contributed by atoms with Crippen LogP contribution in [0, 0.1) is 11.8 Å². The predicted octanol–water partition coefficient (Wildman–Crippen LogP) is 2.38. The Morgan fingerprint density at radius 3 is 2.45 bits per heavy atom. The SMILES string of the molecule is O=S(=O)(OC1=C[C@H]2CC3(C[C@H]2C1)OC=CO3)C(F)(F)F. The number of rotatable bonds is 2. The van der Waals surface area contributed by atoms with Crippen molar-refractivity contribution in [3.63, 3.8) is 0 Å². The van der Waals surface area contributed by atoms with Crippen LogP contribution in [0.4, 0.5) is 13.2 Å². The van der Waals surface area contributed by atoms with Crippen molar-refractivity contribution in [1.82, 2.24) is 0 Å². The smallest absolute Gasteiger partial charge is 0.457 e. The average molecular weight is 312 g/mol. The summed E-state index contributed by atoms with van der Waals surface area (Å²) in [5.41, 5.74) is -5.41. The average Bonchev–Trinajstić information content (AvgIpc) is 2.93. The van der Waals surface area contributed by atoms with Gasteiger partial charge >= 0.3 is 15.6 Å². The monoisotopic (exact) mass is 312 g/mol. The molecule has 0 radical (unpaired) electrons. The van der Waals surface area contributed by atoms with Crippen LogP contribution >= 0.6 is 0 Å². The summed E-state index contributed by atoms with van der Waals surface area (Å²) in [5.74, 6) is -1.04. The van der Waals surface area contributed by atoms with Gasteiger partial charge in [-0.15, -0.1) is 0 Å². The lowest BCUT2D eigenvalue weighted by molar-refractivity contribution is -0.138. The lowest BCUT2D eigenvalue weighted by Crippen LogP contribution is -2.27. The summed E-state index contributed by atoms with van der Waals surface area (Å²) in [7, 11) is -5.58. The lowest BCUT2D eigenvalue weighted by Gasteiger charge is -2.23. The fourth-order valence-electron chi connectivity index (χ4n) is 2.92. The third kappa shape index (κ3) is 2.13. The van der Waals surface area contributed by atoms with Gasteiger partial charge in [0.2, 0.25) is 0 Å². The zero-order valence-electron chi connectivity index (χ0n) is 10.1. The summed E-state index contributed by atoms with van der Waals surface area (Å²) in [6.45, 7) is 0. The standard InChI is InChI=1S/C11H11F3O5S/c12-11(13,14)20(15,16)19-9-3-7-5-10(6-8(7)4-9)17-1-2-18-10/h1-3,7-8H,4-6H2/t7-,8+/m0/s1. The van der Waals surface area contributed by atoms with Crippen molar-refractivity contribution in [3.05, 3.63) is 24.4 Å². The molecule has 1 fully saturated rings. The van der Waals surface area contributed by atoms with Gasteiger partial charge in [-0.2, -0.15) is 21.6 Å². The molecule has 1 heterocycles. The summed E-state index contributed by atoms with van der Waals surface area (Å²) >= 11 is 0. The number of halogens is 3. The molecule has 0 saturated heterocycles. The molecule has 0 aromatic rings. The minimum Gasteiger partial charge on any atom is -0.457 e. The Bertz CT molecular complexity index is 569. The lowest BCUT2D eigenvalue weighted by atomic mass is 10.0. The molecule has 0 N–H and O–H groups in total. The quantitative estimate of drug-likeness (QED) is 0.579. The highest BCUT2D eigenvalue weighted by atomic mass is 32.2. The Hall–Kier alpha value is -1.38. The molecule has 0 bridgehead atoms. The van der Waals surface area contributed by atoms with Gasteiger partial charge in [0.1, 0.15) is 18.3 Å². The highest BCUT2D eigenvalue weighted by Crippen LogP contribution is 2.51. The maximum Gasteiger partial charge on any atom is 0.534 e. The minimum absolute atomic E-state index is 0.0340. The first kappa shape index (κ1) is 13.6. The van der Waals surface area contributed by atoms with E-state index in [1.807, 2.05) is 0 Å². The summed E-state index contributed by atoms with van der Waals surface area (Å²) in [6, 6.07) is 0. The molecule has 1 aliphatic heterocycles. The molecule has 1 saturated carbocycles. The van der Waals surface area contributed by atoms with Crippen LogP contribution in [-0.2, 0) is 23.8 Å². The summed E-state index contributed by atoms with van der Waals surface area (Å²) in [5, 5.41) is 0. The first-order chi connectivity index (χ1) is 9.21. The van der Waals surface area contributed by atoms with E-state index in [4.69, 9.17) is 9.47 Å². The van der Waals surface area contributed by atoms with Crippen LogP contribution in [0.25, 0.3) is 0 Å². The fourth-order valence-corrected chi connectivity index (χ4v) is 3.42. The topological polar surface area (TPSA) is 61.8 Å². The molecule has 3 rings (SSSR count). The summed E-state index contributed by atoms with van der Waals surface area (Å²) < 4.78 is 73.4. The van der Waals surface area contributed by atoms with Crippen molar-refractivity contribution in [2.45, 2.75) is 30.6 Å². The van der Waals surface area contributed by atoms with Gasteiger partial charge in [0.15, 0.2) is 0 Å². The maximum absolute atomic E-state index is 12.2. The van der Waals surface area contributed by atoms with E-state index in [0.717, 1.165) is 0 Å². The summed E-state index contributed by atoms with van der Waals surface area (Å²) in [4.78, 5) is 0. The van der Waals surface area contributed by atoms with Gasteiger partial charge in [-0.25, -0.2) is 0 Å². The van der Waals surface area contributed by atoms with Gasteiger partial charge in [-0.1, -0.05) is 0 Å². The number of fused-ring (bicyclic) bond motifs is 1. The normalized spacial score (nSPS) is 30.9. The second kappa shape index (κ2) is 4.06. The Morgan fingerprint density at radius 2 is 1.90 bits per heavy atom. The molecule has 0 unspecified atom stereocenters. The van der Waals surface area contributed by atoms with E-state index in [2.05, 4.69) is 4.18 Å². The predicted molar refractivity (Wildman–Crippen MR) is 59.0 cm³/mol. The zero-order chi connectivity index (χ0) is 14.6. The Kier molecular flexibility index (Phi) is 2.76. The van der Waals surface area contributed by atoms with Crippen LogP contribution in [0.5, 0.6) is 0 Å². The van der Waals surface area contributed by atoms with Gasteiger partial charge in [0.25, 0.3) is 5.79 Å². The Balaban J connectivity index is 1.69. The van der Waals surface area contributed by atoms with E-state index in [1.54, 1.807) is 0 Å². The second-order valence-electron chi connectivity index (χ2n) is 5.07. The van der Waals surface area contributed by atoms with Crippen molar-refractivity contribution < 1.29 is 35.2 Å². The molecule has 20 heavy (non-hydrogen) atoms. The Labute approximate surface area is 113 Å². The largest absolute Gasteiger partial charge is 0.534 e. The van der Waals surface area contributed by atoms with E-state index in [1.165, 1.54) is 18.6 Å². The highest BCUT2D eigenvalue weighted by molar-refractivity contribution is 7.87. The maximum atomic E-state index is 12.2. The molecule has 5 nitrogen and oxygen atoms in total. The van der Waals surface area contributed by atoms with Crippen LogP contribution < -0.4 is 0 Å². The van der Waals surface area contributed by atoms with Gasteiger partial charge in [0.05, 0.1) is 0 Å². The Morgan fingerprint density at radius 1 is 1.25 bits per heavy atom. The first-order valence-electron chi connectivity index (χ1n) is 5.93. The molecular formula is C11H11F3O5S. The van der Waals surface area contributed by atoms with Crippen LogP contribution in [0.15, 0.2) is 24.4 Å². The number of hydrogen-bond donors (Lipinski definition) is 0. The number of alkyl halides is 3. The molecule has 2 aliphatic carbocycles. The van der Waals surface area contributed by atoms with E-state index >= 15 is 0 Å². The fraction of sp³-hybridized carbons (Fsp3) is 0.636. The minimum atomic E-state index is -5.58. The zero-order valence-corrected chi connectivity index (χ0v) is 10.9. The van der Waals surface area contributed by atoms with Crippen molar-refractivity contribution >= 4 is 10.1 Å². The van der Waals surface area contributed by atoms with E-state index in [-0.39, 0.29) is 24.0 Å². The van der Waals surface area contributed by atoms with Crippen molar-refractivity contribution in [1.29, 1.82) is 0 Å². The van der Waals surface area contributed by atoms with E-state index < -0.39 is 21.4 Å². The van der Waals surface area contributed by atoms with Crippen LogP contribution in [0.1, 0.15) is 19.3 Å². The molecule has 2 atom stereocenters. The van der Waals surface area contributed by atoms with Crippen molar-refractivity contribution in [3.8, 4) is 0 Å². The van der Waals surface area contributed by atoms with Crippen LogP contribution in [-0.4, -0.2) is 19.7 Å². The number of ether oxygens (including phenoxy) is 2. The highest BCUT2D eigenvalue weighted by Gasteiger charge is 2.54. The third-order valence-electron chi connectivity index (χ3n) is 3.71. The first-order valence-corrected chi connectivity index (χ1v) is 7.34. The van der Waals surface area contributed by atoms with Crippen molar-refractivity contribution in [2.24, 2.45) is 11.8 Å². The van der Waals surface area contributed by atoms with Gasteiger partial charge < -0.3 is 13.7 Å². The molecule has 1 spiro atoms. The molecule has 0 aromatic carbocycles. The molecule has 3 aliphatic rings. The second-order valence-corrected chi connectivity index (χ2v) is 6.61. The van der Waals surface area contributed by atoms with E-state index in [9.17, 15) is 21.6 Å².